The van der Waals surface area contributed by atoms with E-state index in [-0.39, 0.29) is 0 Å². The van der Waals surface area contributed by atoms with Gasteiger partial charge in [-0.3, -0.25) is 0 Å². The largest absolute Gasteiger partial charge is 0.457 e. The lowest BCUT2D eigenvalue weighted by atomic mass is 9.63. The van der Waals surface area contributed by atoms with Gasteiger partial charge in [0.1, 0.15) is 11.5 Å². The lowest BCUT2D eigenvalue weighted by molar-refractivity contribution is 0.431. The monoisotopic (exact) mass is 657 g/mol. The van der Waals surface area contributed by atoms with E-state index in [0.717, 1.165) is 34.1 Å². The molecule has 0 aromatic heterocycles. The Labute approximate surface area is 296 Å². The highest BCUT2D eigenvalue weighted by molar-refractivity contribution is 7.99. The highest BCUT2D eigenvalue weighted by atomic mass is 32.2. The van der Waals surface area contributed by atoms with Crippen molar-refractivity contribution in [1.82, 2.24) is 0 Å². The molecule has 0 saturated carbocycles. The minimum absolute atomic E-state index is 0.525. The molecule has 8 aromatic rings. The average Bonchev–Trinajstić information content (AvgIpc) is 3.18. The van der Waals surface area contributed by atoms with E-state index in [1.807, 2.05) is 11.8 Å². The van der Waals surface area contributed by atoms with Gasteiger partial charge >= 0.3 is 0 Å². The van der Waals surface area contributed by atoms with E-state index >= 15 is 0 Å². The Morgan fingerprint density at radius 1 is 0.420 bits per heavy atom. The van der Waals surface area contributed by atoms with Crippen LogP contribution >= 0.6 is 11.8 Å². The molecule has 10 rings (SSSR count). The molecule has 2 aliphatic heterocycles. The second-order valence-corrected chi connectivity index (χ2v) is 14.0. The van der Waals surface area contributed by atoms with Crippen molar-refractivity contribution in [2.24, 2.45) is 0 Å². The van der Waals surface area contributed by atoms with Gasteiger partial charge in [-0.1, -0.05) is 151 Å². The quantitative estimate of drug-likeness (QED) is 0.187. The normalized spacial score (nSPS) is 13.4. The number of rotatable bonds is 4. The van der Waals surface area contributed by atoms with Gasteiger partial charge in [-0.2, -0.15) is 0 Å². The molecule has 0 fully saturated rings. The zero-order valence-corrected chi connectivity index (χ0v) is 28.0. The minimum atomic E-state index is -0.525. The first kappa shape index (κ1) is 28.9. The summed E-state index contributed by atoms with van der Waals surface area (Å²) in [5.74, 6) is 1.75. The van der Waals surface area contributed by atoms with Crippen molar-refractivity contribution in [2.45, 2.75) is 15.2 Å². The Balaban J connectivity index is 1.21. The third-order valence-corrected chi connectivity index (χ3v) is 11.3. The minimum Gasteiger partial charge on any atom is -0.457 e. The first-order chi connectivity index (χ1) is 24.8. The summed E-state index contributed by atoms with van der Waals surface area (Å²) in [7, 11) is 0. The lowest BCUT2D eigenvalue weighted by Crippen LogP contribution is -2.36. The molecule has 0 amide bonds. The van der Waals surface area contributed by atoms with E-state index < -0.39 is 5.41 Å². The standard InChI is InChI=1S/C47H31NOS/c1-2-13-32(14-3-1)33-25-27-35(28-26-33)48(42-21-12-16-34-15-4-5-17-37(34)42)36-29-30-39-44(31-36)49-43-22-9-6-18-38(43)47(39)40-19-7-10-23-45(40)50-46-24-11-8-20-41(46)47/h1-31H. The summed E-state index contributed by atoms with van der Waals surface area (Å²) in [4.78, 5) is 4.91. The molecule has 0 aliphatic carbocycles. The molecule has 50 heavy (non-hydrogen) atoms. The lowest BCUT2D eigenvalue weighted by Gasteiger charge is -2.45. The molecular formula is C47H31NOS. The summed E-state index contributed by atoms with van der Waals surface area (Å²) in [5.41, 5.74) is 9.99. The third-order valence-electron chi connectivity index (χ3n) is 10.2. The molecule has 2 nitrogen and oxygen atoms in total. The molecule has 1 spiro atoms. The molecule has 0 bridgehead atoms. The first-order valence-electron chi connectivity index (χ1n) is 17.0. The maximum atomic E-state index is 6.93. The van der Waals surface area contributed by atoms with Crippen LogP contribution in [0.5, 0.6) is 11.5 Å². The maximum Gasteiger partial charge on any atom is 0.134 e. The molecule has 0 saturated heterocycles. The Hall–Kier alpha value is -6.03. The van der Waals surface area contributed by atoms with Crippen molar-refractivity contribution in [3.63, 3.8) is 0 Å². The SMILES string of the molecule is c1ccc(-c2ccc(N(c3ccc4c(c3)Oc3ccccc3C43c4ccccc4Sc4ccccc43)c3cccc4ccccc34)cc2)cc1. The van der Waals surface area contributed by atoms with Gasteiger partial charge in [0.15, 0.2) is 0 Å². The fraction of sp³-hybridized carbons (Fsp3) is 0.0213. The zero-order chi connectivity index (χ0) is 33.1. The summed E-state index contributed by atoms with van der Waals surface area (Å²) >= 11 is 1.85. The summed E-state index contributed by atoms with van der Waals surface area (Å²) in [6.07, 6.45) is 0. The van der Waals surface area contributed by atoms with Gasteiger partial charge in [0.2, 0.25) is 0 Å². The predicted octanol–water partition coefficient (Wildman–Crippen LogP) is 12.9. The number of ether oxygens (including phenoxy) is 1. The summed E-state index contributed by atoms with van der Waals surface area (Å²) in [6, 6.07) is 67.8. The Bertz CT molecular complexity index is 2490. The number of para-hydroxylation sites is 1. The summed E-state index contributed by atoms with van der Waals surface area (Å²) in [6.45, 7) is 0. The highest BCUT2D eigenvalue weighted by Crippen LogP contribution is 2.62. The topological polar surface area (TPSA) is 12.5 Å². The van der Waals surface area contributed by atoms with Crippen LogP contribution in [0, 0.1) is 0 Å². The average molecular weight is 658 g/mol. The first-order valence-corrected chi connectivity index (χ1v) is 17.8. The van der Waals surface area contributed by atoms with Crippen molar-refractivity contribution in [2.75, 3.05) is 4.90 Å². The fourth-order valence-electron chi connectivity index (χ4n) is 8.01. The van der Waals surface area contributed by atoms with Gasteiger partial charge in [0, 0.05) is 43.7 Å². The number of hydrogen-bond donors (Lipinski definition) is 0. The van der Waals surface area contributed by atoms with Gasteiger partial charge in [-0.05, 0) is 70.1 Å². The molecule has 2 aliphatic rings. The number of anilines is 3. The molecule has 236 valence electrons. The van der Waals surface area contributed by atoms with Gasteiger partial charge in [-0.25, -0.2) is 0 Å². The highest BCUT2D eigenvalue weighted by Gasteiger charge is 2.49. The van der Waals surface area contributed by atoms with Gasteiger partial charge in [0.25, 0.3) is 0 Å². The van der Waals surface area contributed by atoms with Crippen molar-refractivity contribution in [3.05, 3.63) is 210 Å². The molecule has 3 heteroatoms. The molecule has 0 atom stereocenters. The molecule has 0 unspecified atom stereocenters. The molecule has 0 radical (unpaired) electrons. The van der Waals surface area contributed by atoms with Crippen LogP contribution in [0.1, 0.15) is 22.3 Å². The van der Waals surface area contributed by atoms with Crippen LogP contribution in [-0.4, -0.2) is 0 Å². The van der Waals surface area contributed by atoms with Gasteiger partial charge < -0.3 is 9.64 Å². The van der Waals surface area contributed by atoms with Crippen LogP contribution in [0.3, 0.4) is 0 Å². The Kier molecular flexibility index (Phi) is 6.68. The smallest absolute Gasteiger partial charge is 0.134 e. The predicted molar refractivity (Wildman–Crippen MR) is 207 cm³/mol. The fourth-order valence-corrected chi connectivity index (χ4v) is 9.20. The van der Waals surface area contributed by atoms with Crippen LogP contribution in [0.25, 0.3) is 21.9 Å². The number of fused-ring (bicyclic) bond motifs is 9. The number of nitrogens with zero attached hydrogens (tertiary/aromatic N) is 1. The molecule has 0 N–H and O–H groups in total. The van der Waals surface area contributed by atoms with Crippen LogP contribution < -0.4 is 9.64 Å². The van der Waals surface area contributed by atoms with E-state index in [1.165, 1.54) is 48.4 Å². The van der Waals surface area contributed by atoms with Crippen molar-refractivity contribution in [3.8, 4) is 22.6 Å². The molecule has 2 heterocycles. The zero-order valence-electron chi connectivity index (χ0n) is 27.2. The van der Waals surface area contributed by atoms with E-state index in [0.29, 0.717) is 0 Å². The second kappa shape index (κ2) is 11.5. The maximum absolute atomic E-state index is 6.93. The summed E-state index contributed by atoms with van der Waals surface area (Å²) in [5, 5.41) is 2.39. The van der Waals surface area contributed by atoms with E-state index in [4.69, 9.17) is 4.74 Å². The Morgan fingerprint density at radius 3 is 1.78 bits per heavy atom. The van der Waals surface area contributed by atoms with Crippen LogP contribution in [-0.2, 0) is 5.41 Å². The van der Waals surface area contributed by atoms with Crippen molar-refractivity contribution < 1.29 is 4.74 Å². The second-order valence-electron chi connectivity index (χ2n) is 12.9. The van der Waals surface area contributed by atoms with E-state index in [9.17, 15) is 0 Å². The van der Waals surface area contributed by atoms with Crippen molar-refractivity contribution in [1.29, 1.82) is 0 Å². The van der Waals surface area contributed by atoms with E-state index in [2.05, 4.69) is 193 Å². The van der Waals surface area contributed by atoms with Crippen molar-refractivity contribution >= 4 is 39.6 Å². The van der Waals surface area contributed by atoms with Crippen LogP contribution in [0.15, 0.2) is 198 Å². The van der Waals surface area contributed by atoms with Crippen LogP contribution in [0.4, 0.5) is 17.1 Å². The molecule has 8 aromatic carbocycles. The molecular weight excluding hydrogens is 627 g/mol. The van der Waals surface area contributed by atoms with Crippen LogP contribution in [0.2, 0.25) is 0 Å². The Morgan fingerprint density at radius 2 is 1.00 bits per heavy atom. The number of hydrogen-bond acceptors (Lipinski definition) is 3. The third kappa shape index (κ3) is 4.37. The van der Waals surface area contributed by atoms with E-state index in [1.54, 1.807) is 0 Å². The van der Waals surface area contributed by atoms with Gasteiger partial charge in [0.05, 0.1) is 11.1 Å². The van der Waals surface area contributed by atoms with Gasteiger partial charge in [-0.15, -0.1) is 0 Å². The number of benzene rings is 8. The summed E-state index contributed by atoms with van der Waals surface area (Å²) < 4.78 is 6.93.